The van der Waals surface area contributed by atoms with Crippen LogP contribution in [0.3, 0.4) is 0 Å². The van der Waals surface area contributed by atoms with Crippen molar-refractivity contribution in [2.75, 3.05) is 0 Å². The number of phenolic OH excluding ortho intramolecular Hbond substituents is 1. The quantitative estimate of drug-likeness (QED) is 0.756. The Labute approximate surface area is 86.8 Å². The van der Waals surface area contributed by atoms with Crippen LogP contribution >= 0.6 is 0 Å². The predicted molar refractivity (Wildman–Crippen MR) is 60.5 cm³/mol. The van der Waals surface area contributed by atoms with Crippen LogP contribution in [-0.4, -0.2) is 5.11 Å². The van der Waals surface area contributed by atoms with Crippen LogP contribution < -0.4 is 0 Å². The number of aryl methyl sites for hydroxylation is 1. The highest BCUT2D eigenvalue weighted by Crippen LogP contribution is 2.26. The van der Waals surface area contributed by atoms with E-state index in [9.17, 15) is 0 Å². The third-order valence-electron chi connectivity index (χ3n) is 2.34. The van der Waals surface area contributed by atoms with E-state index >= 15 is 0 Å². The molecule has 1 saturated carbocycles. The van der Waals surface area contributed by atoms with E-state index in [2.05, 4.69) is 13.8 Å². The van der Waals surface area contributed by atoms with Crippen molar-refractivity contribution in [2.24, 2.45) is 5.92 Å². The highest BCUT2D eigenvalue weighted by atomic mass is 16.3. The number of hydrogen-bond acceptors (Lipinski definition) is 1. The summed E-state index contributed by atoms with van der Waals surface area (Å²) in [5.74, 6) is 1.43. The molecule has 78 valence electrons. The van der Waals surface area contributed by atoms with Crippen molar-refractivity contribution < 1.29 is 5.11 Å². The van der Waals surface area contributed by atoms with Gasteiger partial charge in [0.05, 0.1) is 0 Å². The minimum atomic E-state index is 0.347. The summed E-state index contributed by atoms with van der Waals surface area (Å²) in [6.07, 6.45) is 5.23. The van der Waals surface area contributed by atoms with Gasteiger partial charge in [0.1, 0.15) is 5.75 Å². The molecule has 1 N–H and O–H groups in total. The standard InChI is InChI=1S/C9H12O.C4H8/c1-2-3-8-4-6-9(10)7-5-8;1-4-2-3-4/h4-7,10H,2-3H2,1H3;4H,2-3H2,1H3. The molecule has 2 rings (SSSR count). The third kappa shape index (κ3) is 4.90. The molecule has 1 heteroatoms. The van der Waals surface area contributed by atoms with Gasteiger partial charge in [-0.15, -0.1) is 0 Å². The van der Waals surface area contributed by atoms with Gasteiger partial charge in [0.25, 0.3) is 0 Å². The lowest BCUT2D eigenvalue weighted by Gasteiger charge is -1.96. The van der Waals surface area contributed by atoms with E-state index in [-0.39, 0.29) is 0 Å². The Morgan fingerprint density at radius 2 is 1.71 bits per heavy atom. The number of phenols is 1. The second-order valence-electron chi connectivity index (χ2n) is 4.10. The first-order valence-electron chi connectivity index (χ1n) is 5.50. The molecule has 0 bridgehead atoms. The van der Waals surface area contributed by atoms with Crippen LogP contribution in [0.1, 0.15) is 38.7 Å². The smallest absolute Gasteiger partial charge is 0.115 e. The average molecular weight is 192 g/mol. The Morgan fingerprint density at radius 1 is 1.21 bits per heavy atom. The molecule has 0 heterocycles. The van der Waals surface area contributed by atoms with Crippen molar-refractivity contribution in [3.05, 3.63) is 29.8 Å². The molecule has 14 heavy (non-hydrogen) atoms. The summed E-state index contributed by atoms with van der Waals surface area (Å²) >= 11 is 0. The Kier molecular flexibility index (Phi) is 4.51. The van der Waals surface area contributed by atoms with Crippen LogP contribution in [0.5, 0.6) is 5.75 Å². The van der Waals surface area contributed by atoms with Crippen LogP contribution in [0.15, 0.2) is 24.3 Å². The fraction of sp³-hybridized carbons (Fsp3) is 0.538. The summed E-state index contributed by atoms with van der Waals surface area (Å²) in [5, 5.41) is 8.92. The normalized spacial score (nSPS) is 14.4. The monoisotopic (exact) mass is 192 g/mol. The zero-order valence-electron chi connectivity index (χ0n) is 9.16. The second kappa shape index (κ2) is 5.69. The molecule has 0 saturated heterocycles. The molecule has 1 aliphatic rings. The summed E-state index contributed by atoms with van der Waals surface area (Å²) in [7, 11) is 0. The molecular weight excluding hydrogens is 172 g/mol. The third-order valence-corrected chi connectivity index (χ3v) is 2.34. The van der Waals surface area contributed by atoms with E-state index in [1.165, 1.54) is 18.4 Å². The molecule has 0 radical (unpaired) electrons. The van der Waals surface area contributed by atoms with Crippen LogP contribution in [0.25, 0.3) is 0 Å². The van der Waals surface area contributed by atoms with Gasteiger partial charge in [0.2, 0.25) is 0 Å². The van der Waals surface area contributed by atoms with E-state index in [4.69, 9.17) is 5.11 Å². The highest BCUT2D eigenvalue weighted by molar-refractivity contribution is 5.25. The summed E-state index contributed by atoms with van der Waals surface area (Å²) in [6.45, 7) is 4.42. The Bertz CT molecular complexity index is 246. The predicted octanol–water partition coefficient (Wildman–Crippen LogP) is 3.76. The Hall–Kier alpha value is -0.980. The van der Waals surface area contributed by atoms with Crippen molar-refractivity contribution in [3.63, 3.8) is 0 Å². The van der Waals surface area contributed by atoms with Gasteiger partial charge in [-0.3, -0.25) is 0 Å². The average Bonchev–Trinajstić information content (AvgIpc) is 2.94. The lowest BCUT2D eigenvalue weighted by Crippen LogP contribution is -1.79. The largest absolute Gasteiger partial charge is 0.508 e. The first-order valence-corrected chi connectivity index (χ1v) is 5.50. The first kappa shape index (κ1) is 11.1. The van der Waals surface area contributed by atoms with Crippen LogP contribution in [0, 0.1) is 5.92 Å². The molecule has 0 atom stereocenters. The first-order chi connectivity index (χ1) is 6.72. The van der Waals surface area contributed by atoms with Gasteiger partial charge < -0.3 is 5.11 Å². The summed E-state index contributed by atoms with van der Waals surface area (Å²) in [4.78, 5) is 0. The molecule has 0 unspecified atom stereocenters. The van der Waals surface area contributed by atoms with Gasteiger partial charge in [0.15, 0.2) is 0 Å². The number of benzene rings is 1. The fourth-order valence-electron chi connectivity index (χ4n) is 1.12. The number of hydrogen-bond donors (Lipinski definition) is 1. The van der Waals surface area contributed by atoms with Crippen molar-refractivity contribution in [1.82, 2.24) is 0 Å². The minimum Gasteiger partial charge on any atom is -0.508 e. The molecule has 1 aliphatic carbocycles. The topological polar surface area (TPSA) is 20.2 Å². The van der Waals surface area contributed by atoms with E-state index in [1.807, 2.05) is 12.1 Å². The van der Waals surface area contributed by atoms with E-state index in [0.29, 0.717) is 5.75 Å². The maximum absolute atomic E-state index is 8.92. The maximum Gasteiger partial charge on any atom is 0.115 e. The zero-order chi connectivity index (χ0) is 10.4. The van der Waals surface area contributed by atoms with Crippen molar-refractivity contribution >= 4 is 0 Å². The molecule has 0 amide bonds. The van der Waals surface area contributed by atoms with Gasteiger partial charge in [0, 0.05) is 0 Å². The van der Waals surface area contributed by atoms with Crippen LogP contribution in [-0.2, 0) is 6.42 Å². The van der Waals surface area contributed by atoms with Gasteiger partial charge in [-0.2, -0.15) is 0 Å². The van der Waals surface area contributed by atoms with Gasteiger partial charge in [-0.05, 0) is 30.0 Å². The molecule has 0 spiro atoms. The molecular formula is C13H20O. The summed E-state index contributed by atoms with van der Waals surface area (Å²) in [5.41, 5.74) is 1.29. The zero-order valence-corrected chi connectivity index (χ0v) is 9.16. The summed E-state index contributed by atoms with van der Waals surface area (Å²) in [6, 6.07) is 7.37. The Balaban J connectivity index is 0.000000203. The summed E-state index contributed by atoms with van der Waals surface area (Å²) < 4.78 is 0. The number of rotatable bonds is 2. The Morgan fingerprint density at radius 3 is 2.07 bits per heavy atom. The molecule has 1 aromatic carbocycles. The second-order valence-corrected chi connectivity index (χ2v) is 4.10. The molecule has 1 nitrogen and oxygen atoms in total. The minimum absolute atomic E-state index is 0.347. The van der Waals surface area contributed by atoms with Gasteiger partial charge in [-0.25, -0.2) is 0 Å². The van der Waals surface area contributed by atoms with Gasteiger partial charge >= 0.3 is 0 Å². The van der Waals surface area contributed by atoms with Crippen LogP contribution in [0.4, 0.5) is 0 Å². The molecule has 0 aromatic heterocycles. The number of aromatic hydroxyl groups is 1. The van der Waals surface area contributed by atoms with Crippen LogP contribution in [0.2, 0.25) is 0 Å². The maximum atomic E-state index is 8.92. The lowest BCUT2D eigenvalue weighted by atomic mass is 10.1. The highest BCUT2D eigenvalue weighted by Gasteiger charge is 2.12. The van der Waals surface area contributed by atoms with E-state index in [0.717, 1.165) is 18.8 Å². The van der Waals surface area contributed by atoms with E-state index < -0.39 is 0 Å². The fourth-order valence-corrected chi connectivity index (χ4v) is 1.12. The van der Waals surface area contributed by atoms with Crippen molar-refractivity contribution in [1.29, 1.82) is 0 Å². The molecule has 0 aliphatic heterocycles. The van der Waals surface area contributed by atoms with Crippen molar-refractivity contribution in [2.45, 2.75) is 39.5 Å². The lowest BCUT2D eigenvalue weighted by molar-refractivity contribution is 0.475. The SMILES string of the molecule is CC1CC1.CCCc1ccc(O)cc1. The van der Waals surface area contributed by atoms with E-state index in [1.54, 1.807) is 12.1 Å². The van der Waals surface area contributed by atoms with Gasteiger partial charge in [-0.1, -0.05) is 45.2 Å². The van der Waals surface area contributed by atoms with Crippen molar-refractivity contribution in [3.8, 4) is 5.75 Å². The molecule has 1 fully saturated rings. The molecule has 1 aromatic rings.